The Morgan fingerprint density at radius 1 is 0.971 bits per heavy atom. The van der Waals surface area contributed by atoms with Gasteiger partial charge in [0.15, 0.2) is 0 Å². The van der Waals surface area contributed by atoms with Crippen LogP contribution in [0.1, 0.15) is 42.5 Å². The first-order valence-corrected chi connectivity index (χ1v) is 12.3. The molecule has 0 unspecified atom stereocenters. The largest absolute Gasteiger partial charge is 0.497 e. The van der Waals surface area contributed by atoms with Crippen LogP contribution >= 0.6 is 0 Å². The number of methoxy groups -OCH3 is 2. The van der Waals surface area contributed by atoms with Crippen LogP contribution < -0.4 is 14.8 Å². The third-order valence-electron chi connectivity index (χ3n) is 6.80. The molecule has 1 amide bonds. The highest BCUT2D eigenvalue weighted by atomic mass is 16.5. The van der Waals surface area contributed by atoms with Gasteiger partial charge in [-0.25, -0.2) is 0 Å². The highest BCUT2D eigenvalue weighted by molar-refractivity contribution is 5.87. The number of ether oxygens (including phenoxy) is 2. The van der Waals surface area contributed by atoms with Crippen molar-refractivity contribution in [2.45, 2.75) is 37.5 Å². The van der Waals surface area contributed by atoms with Gasteiger partial charge in [0.05, 0.1) is 14.2 Å². The second-order valence-electron chi connectivity index (χ2n) is 9.03. The molecule has 1 aliphatic carbocycles. The van der Waals surface area contributed by atoms with E-state index in [4.69, 9.17) is 9.47 Å². The monoisotopic (exact) mass is 470 g/mol. The van der Waals surface area contributed by atoms with Gasteiger partial charge in [0.2, 0.25) is 5.91 Å². The molecule has 0 spiro atoms. The maximum atomic E-state index is 12.5. The number of hydrogen-bond donors (Lipinski definition) is 1. The Morgan fingerprint density at radius 2 is 1.69 bits per heavy atom. The predicted molar refractivity (Wildman–Crippen MR) is 139 cm³/mol. The van der Waals surface area contributed by atoms with Crippen LogP contribution in [0, 0.1) is 5.92 Å². The minimum Gasteiger partial charge on any atom is -0.497 e. The van der Waals surface area contributed by atoms with Crippen molar-refractivity contribution in [3.05, 3.63) is 102 Å². The van der Waals surface area contributed by atoms with Crippen molar-refractivity contribution in [1.82, 2.24) is 10.3 Å². The lowest BCUT2D eigenvalue weighted by molar-refractivity contribution is -0.116. The van der Waals surface area contributed by atoms with Crippen molar-refractivity contribution in [3.8, 4) is 11.5 Å². The molecule has 1 N–H and O–H groups in total. The van der Waals surface area contributed by atoms with Crippen LogP contribution in [0.3, 0.4) is 0 Å². The van der Waals surface area contributed by atoms with E-state index < -0.39 is 0 Å². The molecule has 35 heavy (non-hydrogen) atoms. The summed E-state index contributed by atoms with van der Waals surface area (Å²) in [6.07, 6.45) is 10.6. The van der Waals surface area contributed by atoms with Crippen LogP contribution in [-0.2, 0) is 16.6 Å². The molecule has 2 aromatic carbocycles. The van der Waals surface area contributed by atoms with E-state index in [9.17, 15) is 4.79 Å². The van der Waals surface area contributed by atoms with E-state index in [1.54, 1.807) is 20.3 Å². The second-order valence-corrected chi connectivity index (χ2v) is 9.03. The summed E-state index contributed by atoms with van der Waals surface area (Å²) < 4.78 is 11.0. The number of benzene rings is 2. The number of amides is 1. The van der Waals surface area contributed by atoms with Gasteiger partial charge in [-0.3, -0.25) is 9.78 Å². The first-order valence-electron chi connectivity index (χ1n) is 12.3. The first kappa shape index (κ1) is 24.5. The van der Waals surface area contributed by atoms with Crippen LogP contribution in [0.5, 0.6) is 11.5 Å². The van der Waals surface area contributed by atoms with Gasteiger partial charge >= 0.3 is 0 Å². The summed E-state index contributed by atoms with van der Waals surface area (Å²) in [5.41, 5.74) is 3.31. The minimum atomic E-state index is -0.189. The Bertz CT molecular complexity index is 1100. The average molecular weight is 471 g/mol. The summed E-state index contributed by atoms with van der Waals surface area (Å²) in [5, 5.41) is 3.03. The van der Waals surface area contributed by atoms with E-state index in [-0.39, 0.29) is 17.2 Å². The highest BCUT2D eigenvalue weighted by Crippen LogP contribution is 2.60. The zero-order valence-corrected chi connectivity index (χ0v) is 20.6. The Hall–Kier alpha value is -3.60. The summed E-state index contributed by atoms with van der Waals surface area (Å²) in [7, 11) is 3.37. The molecule has 1 aliphatic rings. The molecule has 1 heterocycles. The molecule has 1 fully saturated rings. The fraction of sp³-hybridized carbons (Fsp3) is 0.333. The molecule has 4 rings (SSSR count). The standard InChI is InChI=1S/C30H34N2O3/c1-34-27-14-8-10-23(20-27)30(24-11-9-15-28(21-24)35-2)22-25(30)16-17-29(33)32-19-6-3-4-12-26-13-5-7-18-31-26/h5,7-11,13-18,20-21,25H,3-4,6,12,19,22H2,1-2H3,(H,32,33)/t25-/m1/s1. The van der Waals surface area contributed by atoms with Crippen LogP contribution in [0.15, 0.2) is 85.1 Å². The van der Waals surface area contributed by atoms with Gasteiger partial charge in [-0.15, -0.1) is 0 Å². The third kappa shape index (κ3) is 6.10. The Kier molecular flexibility index (Phi) is 8.19. The van der Waals surface area contributed by atoms with Crippen molar-refractivity contribution in [1.29, 1.82) is 0 Å². The Morgan fingerprint density at radius 3 is 2.31 bits per heavy atom. The lowest BCUT2D eigenvalue weighted by atomic mass is 9.85. The predicted octanol–water partition coefficient (Wildman–Crippen LogP) is 5.49. The molecule has 1 saturated carbocycles. The van der Waals surface area contributed by atoms with E-state index in [0.717, 1.165) is 49.3 Å². The van der Waals surface area contributed by atoms with Crippen molar-refractivity contribution in [2.24, 2.45) is 5.92 Å². The molecule has 1 aromatic heterocycles. The van der Waals surface area contributed by atoms with Gasteiger partial charge in [-0.1, -0.05) is 42.8 Å². The van der Waals surface area contributed by atoms with Gasteiger partial charge in [0.25, 0.3) is 0 Å². The summed E-state index contributed by atoms with van der Waals surface area (Å²) in [6.45, 7) is 0.687. The topological polar surface area (TPSA) is 60.5 Å². The number of allylic oxidation sites excluding steroid dienone is 1. The molecule has 5 heteroatoms. The number of nitrogens with one attached hydrogen (secondary N) is 1. The van der Waals surface area contributed by atoms with Crippen molar-refractivity contribution < 1.29 is 14.3 Å². The van der Waals surface area contributed by atoms with Crippen LogP contribution in [0.4, 0.5) is 0 Å². The number of unbranched alkanes of at least 4 members (excludes halogenated alkanes) is 2. The summed E-state index contributed by atoms with van der Waals surface area (Å²) in [4.78, 5) is 16.8. The Balaban J connectivity index is 1.34. The first-order chi connectivity index (χ1) is 17.2. The lowest BCUT2D eigenvalue weighted by Gasteiger charge is -2.20. The number of hydrogen-bond acceptors (Lipinski definition) is 4. The zero-order valence-electron chi connectivity index (χ0n) is 20.6. The average Bonchev–Trinajstić information content (AvgIpc) is 3.66. The molecule has 0 radical (unpaired) electrons. The molecule has 1 atom stereocenters. The number of carbonyl (C=O) groups excluding carboxylic acids is 1. The van der Waals surface area contributed by atoms with E-state index in [0.29, 0.717) is 6.54 Å². The normalized spacial score (nSPS) is 16.1. The van der Waals surface area contributed by atoms with Gasteiger partial charge in [-0.05, 0) is 85.2 Å². The maximum Gasteiger partial charge on any atom is 0.243 e. The maximum absolute atomic E-state index is 12.5. The van der Waals surface area contributed by atoms with E-state index in [1.807, 2.05) is 42.6 Å². The molecular weight excluding hydrogens is 436 g/mol. The number of pyridine rings is 1. The fourth-order valence-corrected chi connectivity index (χ4v) is 4.78. The van der Waals surface area contributed by atoms with E-state index in [2.05, 4.69) is 46.7 Å². The quantitative estimate of drug-likeness (QED) is 0.281. The number of aryl methyl sites for hydroxylation is 1. The van der Waals surface area contributed by atoms with Crippen LogP contribution in [-0.4, -0.2) is 31.7 Å². The molecule has 0 aliphatic heterocycles. The third-order valence-corrected chi connectivity index (χ3v) is 6.80. The van der Waals surface area contributed by atoms with Crippen molar-refractivity contribution in [2.75, 3.05) is 20.8 Å². The van der Waals surface area contributed by atoms with E-state index >= 15 is 0 Å². The smallest absolute Gasteiger partial charge is 0.243 e. The molecule has 5 nitrogen and oxygen atoms in total. The second kappa shape index (κ2) is 11.7. The van der Waals surface area contributed by atoms with Gasteiger partial charge in [0, 0.05) is 23.9 Å². The summed E-state index contributed by atoms with van der Waals surface area (Å²) >= 11 is 0. The summed E-state index contributed by atoms with van der Waals surface area (Å²) in [5.74, 6) is 1.86. The summed E-state index contributed by atoms with van der Waals surface area (Å²) in [6, 6.07) is 22.4. The highest BCUT2D eigenvalue weighted by Gasteiger charge is 2.55. The fourth-order valence-electron chi connectivity index (χ4n) is 4.78. The number of rotatable bonds is 12. The molecular formula is C30H34N2O3. The van der Waals surface area contributed by atoms with Crippen molar-refractivity contribution in [3.63, 3.8) is 0 Å². The molecule has 0 bridgehead atoms. The Labute approximate surface area is 208 Å². The molecule has 0 saturated heterocycles. The number of nitrogens with zero attached hydrogens (tertiary/aromatic N) is 1. The van der Waals surface area contributed by atoms with Crippen LogP contribution in [0.2, 0.25) is 0 Å². The van der Waals surface area contributed by atoms with Gasteiger partial charge in [0.1, 0.15) is 11.5 Å². The lowest BCUT2D eigenvalue weighted by Crippen LogP contribution is -2.22. The number of aromatic nitrogens is 1. The molecule has 182 valence electrons. The van der Waals surface area contributed by atoms with Gasteiger partial charge in [-0.2, -0.15) is 0 Å². The van der Waals surface area contributed by atoms with Gasteiger partial charge < -0.3 is 14.8 Å². The van der Waals surface area contributed by atoms with Crippen LogP contribution in [0.25, 0.3) is 0 Å². The number of carbonyl (C=O) groups is 1. The zero-order chi connectivity index (χ0) is 24.5. The minimum absolute atomic E-state index is 0.0354. The van der Waals surface area contributed by atoms with E-state index in [1.165, 1.54) is 11.1 Å². The van der Waals surface area contributed by atoms with Crippen molar-refractivity contribution >= 4 is 5.91 Å². The molecule has 3 aromatic rings. The SMILES string of the molecule is COc1cccc(C2(c3cccc(OC)c3)C[C@H]2C=CC(=O)NCCCCCc2ccccn2)c1.